The predicted molar refractivity (Wildman–Crippen MR) is 45.9 cm³/mol. The van der Waals surface area contributed by atoms with E-state index in [4.69, 9.17) is 10.5 Å². The van der Waals surface area contributed by atoms with Crippen LogP contribution in [0.1, 0.15) is 12.6 Å². The molecule has 0 bridgehead atoms. The fraction of sp³-hybridized carbons (Fsp3) is 0.500. The summed E-state index contributed by atoms with van der Waals surface area (Å²) in [5.74, 6) is 0.565. The number of hydrogen-bond donors (Lipinski definition) is 1. The van der Waals surface area contributed by atoms with Gasteiger partial charge >= 0.3 is 0 Å². The average molecular weight is 167 g/mol. The molecule has 0 aliphatic rings. The Hall–Kier alpha value is -1.16. The highest BCUT2D eigenvalue weighted by Gasteiger charge is 2.04. The van der Waals surface area contributed by atoms with E-state index >= 15 is 0 Å². The molecular formula is C8H13N3O. The Kier molecular flexibility index (Phi) is 2.99. The Morgan fingerprint density at radius 1 is 1.50 bits per heavy atom. The highest BCUT2D eigenvalue weighted by atomic mass is 16.5. The van der Waals surface area contributed by atoms with Crippen molar-refractivity contribution < 1.29 is 4.74 Å². The molecule has 0 saturated carbocycles. The molecule has 4 nitrogen and oxygen atoms in total. The normalized spacial score (nSPS) is 12.6. The van der Waals surface area contributed by atoms with E-state index in [0.717, 1.165) is 5.69 Å². The maximum absolute atomic E-state index is 5.40. The molecule has 1 unspecified atom stereocenters. The van der Waals surface area contributed by atoms with E-state index in [-0.39, 0.29) is 6.10 Å². The van der Waals surface area contributed by atoms with Crippen LogP contribution in [-0.2, 0) is 0 Å². The van der Waals surface area contributed by atoms with Gasteiger partial charge in [0.05, 0.1) is 5.69 Å². The topological polar surface area (TPSA) is 61.0 Å². The summed E-state index contributed by atoms with van der Waals surface area (Å²) in [6, 6.07) is 0. The maximum atomic E-state index is 5.40. The van der Waals surface area contributed by atoms with Crippen molar-refractivity contribution in [1.29, 1.82) is 0 Å². The third-order valence-corrected chi connectivity index (χ3v) is 1.48. The first-order valence-corrected chi connectivity index (χ1v) is 3.88. The van der Waals surface area contributed by atoms with Crippen LogP contribution in [0.25, 0.3) is 0 Å². The summed E-state index contributed by atoms with van der Waals surface area (Å²) in [4.78, 5) is 8.06. The number of rotatable bonds is 3. The Balaban J connectivity index is 2.69. The van der Waals surface area contributed by atoms with E-state index in [1.807, 2.05) is 13.8 Å². The highest BCUT2D eigenvalue weighted by Crippen LogP contribution is 2.10. The zero-order valence-electron chi connectivity index (χ0n) is 7.32. The minimum atomic E-state index is -0.0135. The molecule has 1 heterocycles. The first-order valence-electron chi connectivity index (χ1n) is 3.88. The smallest absolute Gasteiger partial charge is 0.235 e. The molecule has 66 valence electrons. The van der Waals surface area contributed by atoms with Gasteiger partial charge in [-0.1, -0.05) is 0 Å². The number of nitrogens with zero attached hydrogens (tertiary/aromatic N) is 2. The minimum Gasteiger partial charge on any atom is -0.472 e. The lowest BCUT2D eigenvalue weighted by atomic mass is 10.4. The summed E-state index contributed by atoms with van der Waals surface area (Å²) < 4.78 is 5.40. The van der Waals surface area contributed by atoms with E-state index in [0.29, 0.717) is 12.4 Å². The Morgan fingerprint density at radius 3 is 2.75 bits per heavy atom. The van der Waals surface area contributed by atoms with Crippen LogP contribution >= 0.6 is 0 Å². The Bertz CT molecular complexity index is 252. The lowest BCUT2D eigenvalue weighted by Gasteiger charge is -2.11. The van der Waals surface area contributed by atoms with Gasteiger partial charge in [-0.2, -0.15) is 0 Å². The van der Waals surface area contributed by atoms with Crippen LogP contribution in [-0.4, -0.2) is 22.6 Å². The van der Waals surface area contributed by atoms with Crippen molar-refractivity contribution >= 4 is 0 Å². The zero-order chi connectivity index (χ0) is 8.97. The van der Waals surface area contributed by atoms with E-state index in [1.165, 1.54) is 0 Å². The maximum Gasteiger partial charge on any atom is 0.235 e. The van der Waals surface area contributed by atoms with Crippen LogP contribution in [0.4, 0.5) is 0 Å². The minimum absolute atomic E-state index is 0.0135. The summed E-state index contributed by atoms with van der Waals surface area (Å²) in [5, 5.41) is 0. The van der Waals surface area contributed by atoms with Gasteiger partial charge in [0.15, 0.2) is 0 Å². The molecule has 0 saturated heterocycles. The zero-order valence-corrected chi connectivity index (χ0v) is 7.32. The molecule has 4 heteroatoms. The molecule has 0 radical (unpaired) electrons. The van der Waals surface area contributed by atoms with Gasteiger partial charge in [0.1, 0.15) is 6.10 Å². The summed E-state index contributed by atoms with van der Waals surface area (Å²) >= 11 is 0. The van der Waals surface area contributed by atoms with Gasteiger partial charge in [-0.25, -0.2) is 4.98 Å². The largest absolute Gasteiger partial charge is 0.472 e. The molecule has 0 spiro atoms. The average Bonchev–Trinajstić information content (AvgIpc) is 2.09. The van der Waals surface area contributed by atoms with Crippen molar-refractivity contribution in [2.45, 2.75) is 20.0 Å². The first kappa shape index (κ1) is 8.93. The molecule has 1 aromatic heterocycles. The number of aromatic nitrogens is 2. The van der Waals surface area contributed by atoms with Gasteiger partial charge in [-0.3, -0.25) is 4.98 Å². The quantitative estimate of drug-likeness (QED) is 0.712. The van der Waals surface area contributed by atoms with Crippen LogP contribution in [0.2, 0.25) is 0 Å². The molecule has 1 rings (SSSR count). The van der Waals surface area contributed by atoms with Crippen molar-refractivity contribution in [1.82, 2.24) is 9.97 Å². The van der Waals surface area contributed by atoms with Crippen LogP contribution < -0.4 is 10.5 Å². The van der Waals surface area contributed by atoms with Gasteiger partial charge < -0.3 is 10.5 Å². The monoisotopic (exact) mass is 167 g/mol. The van der Waals surface area contributed by atoms with Crippen LogP contribution in [0.5, 0.6) is 5.88 Å². The third kappa shape index (κ3) is 2.17. The molecule has 1 atom stereocenters. The third-order valence-electron chi connectivity index (χ3n) is 1.48. The van der Waals surface area contributed by atoms with E-state index in [2.05, 4.69) is 9.97 Å². The van der Waals surface area contributed by atoms with Gasteiger partial charge in [-0.15, -0.1) is 0 Å². The van der Waals surface area contributed by atoms with Crippen molar-refractivity contribution in [2.75, 3.05) is 6.54 Å². The second-order valence-electron chi connectivity index (χ2n) is 2.61. The first-order chi connectivity index (χ1) is 5.74. The van der Waals surface area contributed by atoms with E-state index in [9.17, 15) is 0 Å². The second kappa shape index (κ2) is 4.01. The number of aryl methyl sites for hydroxylation is 1. The van der Waals surface area contributed by atoms with Gasteiger partial charge in [-0.05, 0) is 13.8 Å². The van der Waals surface area contributed by atoms with Crippen molar-refractivity contribution in [2.24, 2.45) is 5.73 Å². The fourth-order valence-electron chi connectivity index (χ4n) is 0.749. The molecule has 0 fully saturated rings. The lowest BCUT2D eigenvalue weighted by Crippen LogP contribution is -2.23. The number of nitrogens with two attached hydrogens (primary N) is 1. The van der Waals surface area contributed by atoms with E-state index in [1.54, 1.807) is 12.4 Å². The summed E-state index contributed by atoms with van der Waals surface area (Å²) in [6.07, 6.45) is 3.22. The fourth-order valence-corrected chi connectivity index (χ4v) is 0.749. The number of ether oxygens (including phenoxy) is 1. The molecule has 0 aromatic carbocycles. The molecule has 1 aromatic rings. The predicted octanol–water partition coefficient (Wildman–Crippen LogP) is 0.511. The molecule has 0 amide bonds. The van der Waals surface area contributed by atoms with Gasteiger partial charge in [0.2, 0.25) is 5.88 Å². The van der Waals surface area contributed by atoms with Crippen molar-refractivity contribution in [3.05, 3.63) is 18.1 Å². The highest BCUT2D eigenvalue weighted by molar-refractivity contribution is 5.15. The summed E-state index contributed by atoms with van der Waals surface area (Å²) in [6.45, 7) is 4.23. The van der Waals surface area contributed by atoms with E-state index < -0.39 is 0 Å². The van der Waals surface area contributed by atoms with Crippen LogP contribution in [0, 0.1) is 6.92 Å². The van der Waals surface area contributed by atoms with Crippen LogP contribution in [0.3, 0.4) is 0 Å². The van der Waals surface area contributed by atoms with Crippen molar-refractivity contribution in [3.8, 4) is 5.88 Å². The SMILES string of the molecule is Cc1nccnc1OC(C)CN. The molecule has 12 heavy (non-hydrogen) atoms. The lowest BCUT2D eigenvalue weighted by molar-refractivity contribution is 0.218. The Morgan fingerprint density at radius 2 is 2.17 bits per heavy atom. The van der Waals surface area contributed by atoms with Crippen LogP contribution in [0.15, 0.2) is 12.4 Å². The number of hydrogen-bond acceptors (Lipinski definition) is 4. The Labute approximate surface area is 71.8 Å². The summed E-state index contributed by atoms with van der Waals surface area (Å²) in [5.41, 5.74) is 6.19. The molecular weight excluding hydrogens is 154 g/mol. The van der Waals surface area contributed by atoms with Gasteiger partial charge in [0.25, 0.3) is 0 Å². The van der Waals surface area contributed by atoms with Crippen molar-refractivity contribution in [3.63, 3.8) is 0 Å². The molecule has 0 aliphatic carbocycles. The molecule has 0 aliphatic heterocycles. The second-order valence-corrected chi connectivity index (χ2v) is 2.61. The standard InChI is InChI=1S/C8H13N3O/c1-6(5-9)12-8-7(2)10-3-4-11-8/h3-4,6H,5,9H2,1-2H3. The summed E-state index contributed by atoms with van der Waals surface area (Å²) in [7, 11) is 0. The molecule has 2 N–H and O–H groups in total. The van der Waals surface area contributed by atoms with Gasteiger partial charge in [0, 0.05) is 18.9 Å².